The number of carbonyl (C=O) groups is 2. The van der Waals surface area contributed by atoms with Crippen LogP contribution in [0.15, 0.2) is 66.3 Å². The molecule has 1 aliphatic heterocycles. The summed E-state index contributed by atoms with van der Waals surface area (Å²) < 4.78 is 43.5. The van der Waals surface area contributed by atoms with E-state index in [9.17, 15) is 18.0 Å². The van der Waals surface area contributed by atoms with E-state index in [1.54, 1.807) is 12.4 Å². The Balaban J connectivity index is 0.000000364. The number of fused-ring (bicyclic) bond motifs is 3. The molecule has 12 heteroatoms. The number of pyridine rings is 1. The Hall–Kier alpha value is -4.19. The molecule has 1 aliphatic rings. The van der Waals surface area contributed by atoms with Crippen LogP contribution in [-0.4, -0.2) is 45.8 Å². The van der Waals surface area contributed by atoms with Crippen LogP contribution in [0.5, 0.6) is 11.5 Å². The first-order valence-electron chi connectivity index (χ1n) is 10.0. The highest BCUT2D eigenvalue weighted by Crippen LogP contribution is 2.39. The standard InChI is InChI=1S/C21H15N3O3S.C2HF3O2/c25-20(24-21-23-16(12-28-21)14-7-9-22-10-8-14)18-11-26-17-6-5-13-3-1-2-4-15(13)19(17)27-18;3-2(4,5)1(6)7/h1-10,12,18H,11H2,(H,23,24,25);(H,6,7). The molecule has 35 heavy (non-hydrogen) atoms. The molecule has 180 valence electrons. The summed E-state index contributed by atoms with van der Waals surface area (Å²) in [6.07, 6.45) is -2.41. The fourth-order valence-electron chi connectivity index (χ4n) is 3.10. The summed E-state index contributed by atoms with van der Waals surface area (Å²) in [5, 5.41) is 14.3. The zero-order valence-electron chi connectivity index (χ0n) is 17.7. The van der Waals surface area contributed by atoms with Gasteiger partial charge >= 0.3 is 12.1 Å². The Morgan fingerprint density at radius 2 is 1.80 bits per heavy atom. The molecule has 1 amide bonds. The first-order chi connectivity index (χ1) is 16.7. The number of alkyl halides is 3. The second-order valence-electron chi connectivity index (χ2n) is 7.10. The number of thiazole rings is 1. The van der Waals surface area contributed by atoms with Crippen molar-refractivity contribution in [3.63, 3.8) is 0 Å². The van der Waals surface area contributed by atoms with Crippen LogP contribution in [0.25, 0.3) is 22.0 Å². The topological polar surface area (TPSA) is 111 Å². The predicted octanol–water partition coefficient (Wildman–Crippen LogP) is 4.77. The number of hydrogen-bond acceptors (Lipinski definition) is 7. The van der Waals surface area contributed by atoms with Gasteiger partial charge in [0, 0.05) is 28.7 Å². The summed E-state index contributed by atoms with van der Waals surface area (Å²) in [5.74, 6) is -1.79. The third kappa shape index (κ3) is 5.66. The first-order valence-corrected chi connectivity index (χ1v) is 10.9. The zero-order valence-corrected chi connectivity index (χ0v) is 18.5. The molecule has 5 rings (SSSR count). The zero-order chi connectivity index (χ0) is 25.0. The second kappa shape index (κ2) is 9.97. The molecule has 1 atom stereocenters. The monoisotopic (exact) mass is 503 g/mol. The van der Waals surface area contributed by atoms with E-state index in [-0.39, 0.29) is 12.5 Å². The minimum Gasteiger partial charge on any atom is -0.485 e. The van der Waals surface area contributed by atoms with Crippen molar-refractivity contribution in [2.75, 3.05) is 11.9 Å². The van der Waals surface area contributed by atoms with Crippen molar-refractivity contribution in [2.45, 2.75) is 12.3 Å². The number of aliphatic carboxylic acids is 1. The van der Waals surface area contributed by atoms with E-state index in [2.05, 4.69) is 15.3 Å². The average Bonchev–Trinajstić information content (AvgIpc) is 3.32. The van der Waals surface area contributed by atoms with E-state index in [0.29, 0.717) is 16.6 Å². The van der Waals surface area contributed by atoms with E-state index < -0.39 is 18.2 Å². The summed E-state index contributed by atoms with van der Waals surface area (Å²) in [6, 6.07) is 15.5. The molecule has 3 heterocycles. The van der Waals surface area contributed by atoms with Gasteiger partial charge in [0.05, 0.1) is 5.69 Å². The third-order valence-electron chi connectivity index (χ3n) is 4.74. The lowest BCUT2D eigenvalue weighted by Gasteiger charge is -2.26. The van der Waals surface area contributed by atoms with Crippen LogP contribution < -0.4 is 14.8 Å². The predicted molar refractivity (Wildman–Crippen MR) is 122 cm³/mol. The van der Waals surface area contributed by atoms with Crippen molar-refractivity contribution in [1.82, 2.24) is 9.97 Å². The summed E-state index contributed by atoms with van der Waals surface area (Å²) >= 11 is 1.37. The van der Waals surface area contributed by atoms with Gasteiger partial charge in [0.25, 0.3) is 5.91 Å². The van der Waals surface area contributed by atoms with Gasteiger partial charge in [-0.05, 0) is 23.6 Å². The van der Waals surface area contributed by atoms with Gasteiger partial charge in [-0.1, -0.05) is 30.3 Å². The first kappa shape index (κ1) is 24.0. The molecule has 2 N–H and O–H groups in total. The molecule has 0 aliphatic carbocycles. The van der Waals surface area contributed by atoms with Crippen LogP contribution in [0.2, 0.25) is 0 Å². The average molecular weight is 503 g/mol. The number of hydrogen-bond donors (Lipinski definition) is 2. The van der Waals surface area contributed by atoms with E-state index in [1.165, 1.54) is 11.3 Å². The van der Waals surface area contributed by atoms with Gasteiger partial charge in [0.2, 0.25) is 6.10 Å². The number of carboxylic acids is 1. The van der Waals surface area contributed by atoms with Crippen molar-refractivity contribution in [2.24, 2.45) is 0 Å². The summed E-state index contributed by atoms with van der Waals surface area (Å²) in [4.78, 5) is 30.1. The largest absolute Gasteiger partial charge is 0.490 e. The maximum atomic E-state index is 12.7. The summed E-state index contributed by atoms with van der Waals surface area (Å²) in [6.45, 7) is 0.153. The van der Waals surface area contributed by atoms with Crippen LogP contribution in [0.4, 0.5) is 18.3 Å². The molecule has 0 spiro atoms. The van der Waals surface area contributed by atoms with Gasteiger partial charge < -0.3 is 14.6 Å². The Morgan fingerprint density at radius 3 is 2.51 bits per heavy atom. The lowest BCUT2D eigenvalue weighted by molar-refractivity contribution is -0.192. The SMILES string of the molecule is O=C(Nc1nc(-c2ccncc2)cs1)C1COc2ccc3ccccc3c2O1.O=C(O)C(F)(F)F. The van der Waals surface area contributed by atoms with Gasteiger partial charge in [-0.25, -0.2) is 9.78 Å². The minimum atomic E-state index is -5.08. The molecule has 0 bridgehead atoms. The smallest absolute Gasteiger partial charge is 0.485 e. The number of aromatic nitrogens is 2. The molecule has 0 radical (unpaired) electrons. The molecule has 8 nitrogen and oxygen atoms in total. The van der Waals surface area contributed by atoms with Crippen molar-refractivity contribution in [1.29, 1.82) is 0 Å². The quantitative estimate of drug-likeness (QED) is 0.414. The lowest BCUT2D eigenvalue weighted by atomic mass is 10.1. The van der Waals surface area contributed by atoms with Crippen LogP contribution in [-0.2, 0) is 9.59 Å². The number of nitrogens with zero attached hydrogens (tertiary/aromatic N) is 2. The highest BCUT2D eigenvalue weighted by atomic mass is 32.1. The second-order valence-corrected chi connectivity index (χ2v) is 7.96. The Labute approximate surface area is 200 Å². The number of carbonyl (C=O) groups excluding carboxylic acids is 1. The van der Waals surface area contributed by atoms with E-state index in [1.807, 2.05) is 53.9 Å². The maximum Gasteiger partial charge on any atom is 0.490 e. The number of anilines is 1. The van der Waals surface area contributed by atoms with Crippen LogP contribution in [0.3, 0.4) is 0 Å². The molecule has 4 aromatic rings. The Kier molecular flexibility index (Phi) is 6.82. The van der Waals surface area contributed by atoms with E-state index in [4.69, 9.17) is 19.4 Å². The molecule has 2 aromatic carbocycles. The Morgan fingerprint density at radius 1 is 1.09 bits per heavy atom. The lowest BCUT2D eigenvalue weighted by Crippen LogP contribution is -2.40. The maximum absolute atomic E-state index is 12.7. The normalized spacial score (nSPS) is 14.5. The fourth-order valence-corrected chi connectivity index (χ4v) is 3.82. The number of ether oxygens (including phenoxy) is 2. The minimum absolute atomic E-state index is 0.153. The van der Waals surface area contributed by atoms with E-state index >= 15 is 0 Å². The number of amides is 1. The number of carboxylic acid groups (broad SMARTS) is 1. The molecule has 0 fully saturated rings. The van der Waals surface area contributed by atoms with Crippen molar-refractivity contribution < 1.29 is 37.3 Å². The van der Waals surface area contributed by atoms with Gasteiger partial charge in [-0.2, -0.15) is 13.2 Å². The molecule has 1 unspecified atom stereocenters. The third-order valence-corrected chi connectivity index (χ3v) is 5.50. The van der Waals surface area contributed by atoms with Crippen LogP contribution in [0.1, 0.15) is 0 Å². The number of nitrogens with one attached hydrogen (secondary N) is 1. The van der Waals surface area contributed by atoms with Gasteiger partial charge in [-0.3, -0.25) is 15.1 Å². The number of rotatable bonds is 3. The summed E-state index contributed by atoms with van der Waals surface area (Å²) in [5.41, 5.74) is 1.74. The molecule has 0 saturated carbocycles. The van der Waals surface area contributed by atoms with E-state index in [0.717, 1.165) is 22.0 Å². The van der Waals surface area contributed by atoms with Crippen LogP contribution >= 0.6 is 11.3 Å². The highest BCUT2D eigenvalue weighted by molar-refractivity contribution is 7.14. The van der Waals surface area contributed by atoms with Gasteiger partial charge in [-0.15, -0.1) is 11.3 Å². The number of halogens is 3. The van der Waals surface area contributed by atoms with Crippen molar-refractivity contribution in [3.8, 4) is 22.8 Å². The van der Waals surface area contributed by atoms with Gasteiger partial charge in [0.15, 0.2) is 16.6 Å². The number of benzene rings is 2. The highest BCUT2D eigenvalue weighted by Gasteiger charge is 2.38. The van der Waals surface area contributed by atoms with Gasteiger partial charge in [0.1, 0.15) is 6.61 Å². The molecule has 2 aromatic heterocycles. The van der Waals surface area contributed by atoms with Crippen LogP contribution in [0, 0.1) is 0 Å². The molecule has 0 saturated heterocycles. The van der Waals surface area contributed by atoms with Crippen molar-refractivity contribution >= 4 is 39.1 Å². The fraction of sp³-hybridized carbons (Fsp3) is 0.130. The molecular formula is C23H16F3N3O5S. The molecular weight excluding hydrogens is 487 g/mol. The van der Waals surface area contributed by atoms with Crippen molar-refractivity contribution in [3.05, 3.63) is 66.3 Å². The summed E-state index contributed by atoms with van der Waals surface area (Å²) in [7, 11) is 0. The Bertz CT molecular complexity index is 1360.